The summed E-state index contributed by atoms with van der Waals surface area (Å²) in [6.07, 6.45) is 3.76. The Morgan fingerprint density at radius 1 is 0.829 bits per heavy atom. The van der Waals surface area contributed by atoms with Crippen LogP contribution in [0.3, 0.4) is 0 Å². The van der Waals surface area contributed by atoms with Crippen molar-refractivity contribution in [3.05, 3.63) is 135 Å². The lowest BCUT2D eigenvalue weighted by molar-refractivity contribution is 0.0666. The number of hydrogen-bond acceptors (Lipinski definition) is 5. The molecule has 0 saturated carbocycles. The quantitative estimate of drug-likeness (QED) is 0.187. The molecule has 0 N–H and O–H groups in total. The molecule has 5 nitrogen and oxygen atoms in total. The molecular weight excluding hydrogens is 557 g/mol. The molecule has 7 rings (SSSR count). The smallest absolute Gasteiger partial charge is 0.186 e. The maximum atomic E-state index is 14.7. The van der Waals surface area contributed by atoms with Gasteiger partial charge in [-0.15, -0.1) is 0 Å². The van der Waals surface area contributed by atoms with Gasteiger partial charge in [-0.3, -0.25) is 14.4 Å². The molecule has 1 saturated heterocycles. The lowest BCUT2D eigenvalue weighted by Gasteiger charge is -2.37. The van der Waals surface area contributed by atoms with Crippen molar-refractivity contribution >= 4 is 52.3 Å². The van der Waals surface area contributed by atoms with Gasteiger partial charge in [0.25, 0.3) is 0 Å². The Hall–Kier alpha value is -4.19. The fourth-order valence-corrected chi connectivity index (χ4v) is 7.35. The molecule has 4 aromatic carbocycles. The monoisotopic (exact) mass is 579 g/mol. The molecule has 41 heavy (non-hydrogen) atoms. The molecule has 4 aromatic rings. The number of Topliss-reactive ketones (excluding diaryl/α,β-unsaturated/α-hetero) is 3. The SMILES string of the molecule is COc1cccc(C(=O)[C@@H]2[C@@H](c3cccc(Cl)c3)C3(C(=O)c4ccccc4C3=O)[C@@H]3C=Cc4cc(Cl)ccc4N23)c1. The van der Waals surface area contributed by atoms with Gasteiger partial charge >= 0.3 is 0 Å². The number of carbonyl (C=O) groups is 3. The van der Waals surface area contributed by atoms with Crippen molar-refractivity contribution in [3.8, 4) is 5.75 Å². The zero-order valence-electron chi connectivity index (χ0n) is 21.9. The number of anilines is 1. The van der Waals surface area contributed by atoms with Crippen LogP contribution in [-0.4, -0.2) is 36.5 Å². The summed E-state index contributed by atoms with van der Waals surface area (Å²) >= 11 is 12.9. The summed E-state index contributed by atoms with van der Waals surface area (Å²) < 4.78 is 5.42. The average molecular weight is 580 g/mol. The van der Waals surface area contributed by atoms with Gasteiger partial charge in [-0.2, -0.15) is 0 Å². The highest BCUT2D eigenvalue weighted by atomic mass is 35.5. The molecule has 2 aliphatic heterocycles. The number of halogens is 2. The van der Waals surface area contributed by atoms with E-state index in [2.05, 4.69) is 0 Å². The summed E-state index contributed by atoms with van der Waals surface area (Å²) in [7, 11) is 1.54. The lowest BCUT2D eigenvalue weighted by Crippen LogP contribution is -2.48. The molecule has 0 amide bonds. The first-order valence-corrected chi connectivity index (χ1v) is 14.0. The van der Waals surface area contributed by atoms with Crippen molar-refractivity contribution in [2.75, 3.05) is 12.0 Å². The first-order chi connectivity index (χ1) is 19.9. The van der Waals surface area contributed by atoms with Crippen LogP contribution in [-0.2, 0) is 0 Å². The molecule has 0 radical (unpaired) electrons. The second kappa shape index (κ2) is 9.44. The van der Waals surface area contributed by atoms with Gasteiger partial charge in [-0.25, -0.2) is 0 Å². The van der Waals surface area contributed by atoms with Gasteiger partial charge in [-0.05, 0) is 53.6 Å². The molecule has 3 atom stereocenters. The van der Waals surface area contributed by atoms with Gasteiger partial charge in [-0.1, -0.05) is 83.9 Å². The molecule has 7 heteroatoms. The van der Waals surface area contributed by atoms with E-state index < -0.39 is 23.4 Å². The van der Waals surface area contributed by atoms with Gasteiger partial charge in [0.2, 0.25) is 0 Å². The Kier molecular flexibility index (Phi) is 5.93. The summed E-state index contributed by atoms with van der Waals surface area (Å²) in [5.41, 5.74) is 1.73. The second-order valence-electron chi connectivity index (χ2n) is 10.6. The normalized spacial score (nSPS) is 21.5. The van der Waals surface area contributed by atoms with Crippen LogP contribution in [0.15, 0.2) is 97.1 Å². The van der Waals surface area contributed by atoms with Crippen molar-refractivity contribution in [3.63, 3.8) is 0 Å². The standard InChI is InChI=1S/C34H23Cl2NO4/c1-41-24-9-5-7-21(18-24)31(38)30-29(20-6-4-8-22(35)17-20)34(32(39)25-10-2-3-11-26(25)33(34)40)28-15-12-19-16-23(36)13-14-27(19)37(28)30/h2-18,28-30H,1H3/t28-,29+,30-/m0/s1. The van der Waals surface area contributed by atoms with E-state index in [0.29, 0.717) is 38.0 Å². The van der Waals surface area contributed by atoms with Crippen LogP contribution in [0, 0.1) is 5.41 Å². The minimum absolute atomic E-state index is 0.233. The molecule has 1 aliphatic carbocycles. The van der Waals surface area contributed by atoms with Gasteiger partial charge in [0.15, 0.2) is 17.3 Å². The molecule has 0 unspecified atom stereocenters. The molecule has 3 aliphatic rings. The highest BCUT2D eigenvalue weighted by Gasteiger charge is 2.71. The van der Waals surface area contributed by atoms with E-state index in [1.807, 2.05) is 35.3 Å². The maximum absolute atomic E-state index is 14.7. The molecule has 2 heterocycles. The van der Waals surface area contributed by atoms with Crippen molar-refractivity contribution < 1.29 is 19.1 Å². The molecular formula is C34H23Cl2NO4. The molecule has 202 valence electrons. The number of nitrogens with zero attached hydrogens (tertiary/aromatic N) is 1. The number of rotatable bonds is 4. The van der Waals surface area contributed by atoms with Crippen LogP contribution in [0.1, 0.15) is 48.1 Å². The summed E-state index contributed by atoms with van der Waals surface area (Å²) in [5.74, 6) is -1.13. The van der Waals surface area contributed by atoms with Crippen molar-refractivity contribution in [2.24, 2.45) is 5.41 Å². The predicted octanol–water partition coefficient (Wildman–Crippen LogP) is 7.32. The van der Waals surface area contributed by atoms with E-state index in [1.165, 1.54) is 0 Å². The van der Waals surface area contributed by atoms with Crippen LogP contribution >= 0.6 is 23.2 Å². The Balaban J connectivity index is 1.55. The minimum atomic E-state index is -1.60. The summed E-state index contributed by atoms with van der Waals surface area (Å²) in [5, 5.41) is 0.997. The van der Waals surface area contributed by atoms with Gasteiger partial charge in [0, 0.05) is 38.3 Å². The lowest BCUT2D eigenvalue weighted by atomic mass is 9.64. The van der Waals surface area contributed by atoms with E-state index in [0.717, 1.165) is 11.3 Å². The first kappa shape index (κ1) is 25.8. The summed E-state index contributed by atoms with van der Waals surface area (Å²) in [6, 6.07) is 24.8. The zero-order chi connectivity index (χ0) is 28.5. The van der Waals surface area contributed by atoms with E-state index in [9.17, 15) is 14.4 Å². The Morgan fingerprint density at radius 3 is 2.24 bits per heavy atom. The zero-order valence-corrected chi connectivity index (χ0v) is 23.4. The summed E-state index contributed by atoms with van der Waals surface area (Å²) in [4.78, 5) is 46.0. The molecule has 1 spiro atoms. The third-order valence-corrected chi connectivity index (χ3v) is 9.07. The predicted molar refractivity (Wildman–Crippen MR) is 160 cm³/mol. The number of benzene rings is 4. The van der Waals surface area contributed by atoms with Crippen LogP contribution in [0.25, 0.3) is 6.08 Å². The topological polar surface area (TPSA) is 63.7 Å². The number of ether oxygens (including phenoxy) is 1. The number of ketones is 3. The van der Waals surface area contributed by atoms with E-state index >= 15 is 0 Å². The highest BCUT2D eigenvalue weighted by molar-refractivity contribution is 6.33. The summed E-state index contributed by atoms with van der Waals surface area (Å²) in [6.45, 7) is 0. The third-order valence-electron chi connectivity index (χ3n) is 8.60. The number of methoxy groups -OCH3 is 1. The van der Waals surface area contributed by atoms with Gasteiger partial charge < -0.3 is 9.64 Å². The van der Waals surface area contributed by atoms with E-state index in [-0.39, 0.29) is 17.3 Å². The minimum Gasteiger partial charge on any atom is -0.497 e. The van der Waals surface area contributed by atoms with E-state index in [1.54, 1.807) is 79.9 Å². The third kappa shape index (κ3) is 3.59. The molecule has 0 aromatic heterocycles. The van der Waals surface area contributed by atoms with Crippen LogP contribution in [0.2, 0.25) is 10.0 Å². The fraction of sp³-hybridized carbons (Fsp3) is 0.147. The van der Waals surface area contributed by atoms with Gasteiger partial charge in [0.05, 0.1) is 13.2 Å². The fourth-order valence-electron chi connectivity index (χ4n) is 6.97. The Morgan fingerprint density at radius 2 is 1.54 bits per heavy atom. The molecule has 1 fully saturated rings. The number of hydrogen-bond donors (Lipinski definition) is 0. The maximum Gasteiger partial charge on any atom is 0.186 e. The largest absolute Gasteiger partial charge is 0.497 e. The Bertz CT molecular complexity index is 1780. The number of fused-ring (bicyclic) bond motifs is 5. The first-order valence-electron chi connectivity index (χ1n) is 13.2. The Labute approximate surface area is 247 Å². The van der Waals surface area contributed by atoms with Crippen molar-refractivity contribution in [1.29, 1.82) is 0 Å². The van der Waals surface area contributed by atoms with Crippen LogP contribution in [0.4, 0.5) is 5.69 Å². The van der Waals surface area contributed by atoms with Crippen LogP contribution in [0.5, 0.6) is 5.75 Å². The molecule has 0 bridgehead atoms. The van der Waals surface area contributed by atoms with Gasteiger partial charge in [0.1, 0.15) is 17.2 Å². The average Bonchev–Trinajstić information content (AvgIpc) is 3.42. The van der Waals surface area contributed by atoms with E-state index in [4.69, 9.17) is 27.9 Å². The highest BCUT2D eigenvalue weighted by Crippen LogP contribution is 2.61. The van der Waals surface area contributed by atoms with Crippen molar-refractivity contribution in [1.82, 2.24) is 0 Å². The van der Waals surface area contributed by atoms with Crippen molar-refractivity contribution in [2.45, 2.75) is 18.0 Å². The van der Waals surface area contributed by atoms with Crippen LogP contribution < -0.4 is 9.64 Å². The second-order valence-corrected chi connectivity index (χ2v) is 11.4. The number of carbonyl (C=O) groups excluding carboxylic acids is 3.